The van der Waals surface area contributed by atoms with E-state index in [2.05, 4.69) is 137 Å². The summed E-state index contributed by atoms with van der Waals surface area (Å²) in [6, 6.07) is 33.7. The molecule has 35 heavy (non-hydrogen) atoms. The molecule has 0 saturated heterocycles. The van der Waals surface area contributed by atoms with E-state index in [1.54, 1.807) is 0 Å². The third-order valence-electron chi connectivity index (χ3n) is 6.59. The lowest BCUT2D eigenvalue weighted by atomic mass is 9.87. The zero-order chi connectivity index (χ0) is 24.8. The highest BCUT2D eigenvalue weighted by Gasteiger charge is 2.19. The summed E-state index contributed by atoms with van der Waals surface area (Å²) in [5.74, 6) is 0. The van der Waals surface area contributed by atoms with Crippen LogP contribution in [0.5, 0.6) is 0 Å². The van der Waals surface area contributed by atoms with E-state index in [9.17, 15) is 0 Å². The van der Waals surface area contributed by atoms with Crippen LogP contribution in [0, 0.1) is 10.8 Å². The molecule has 5 aromatic rings. The summed E-state index contributed by atoms with van der Waals surface area (Å²) in [7, 11) is 0. The molecule has 0 fully saturated rings. The minimum Gasteiger partial charge on any atom is -0.309 e. The Morgan fingerprint density at radius 3 is 1.54 bits per heavy atom. The van der Waals surface area contributed by atoms with Crippen molar-refractivity contribution in [3.8, 4) is 16.8 Å². The summed E-state index contributed by atoms with van der Waals surface area (Å²) >= 11 is 0. The Bertz CT molecular complexity index is 1410. The minimum atomic E-state index is 0.253. The number of para-hydroxylation sites is 1. The van der Waals surface area contributed by atoms with Crippen LogP contribution in [0.15, 0.2) is 91.0 Å². The molecule has 4 aromatic carbocycles. The van der Waals surface area contributed by atoms with Gasteiger partial charge in [-0.3, -0.25) is 0 Å². The number of fused-ring (bicyclic) bond motifs is 3. The smallest absolute Gasteiger partial charge is 0.0541 e. The van der Waals surface area contributed by atoms with E-state index in [1.165, 1.54) is 49.7 Å². The average Bonchev–Trinajstić information content (AvgIpc) is 3.10. The quantitative estimate of drug-likeness (QED) is 0.252. The first-order valence-electron chi connectivity index (χ1n) is 12.8. The number of hydrogen-bond acceptors (Lipinski definition) is 0. The molecule has 0 aliphatic rings. The Balaban J connectivity index is 1.80. The summed E-state index contributed by atoms with van der Waals surface area (Å²) < 4.78 is 2.47. The Morgan fingerprint density at radius 2 is 1.03 bits per heavy atom. The second kappa shape index (κ2) is 8.72. The minimum absolute atomic E-state index is 0.253. The van der Waals surface area contributed by atoms with Crippen LogP contribution in [-0.4, -0.2) is 4.57 Å². The van der Waals surface area contributed by atoms with Gasteiger partial charge >= 0.3 is 0 Å². The Hall–Kier alpha value is -3.32. The van der Waals surface area contributed by atoms with Gasteiger partial charge in [0.05, 0.1) is 16.7 Å². The van der Waals surface area contributed by atoms with Crippen LogP contribution in [0.25, 0.3) is 38.6 Å². The fourth-order valence-electron chi connectivity index (χ4n) is 5.35. The second-order valence-electron chi connectivity index (χ2n) is 12.4. The maximum absolute atomic E-state index is 2.47. The molecule has 0 N–H and O–H groups in total. The first-order valence-corrected chi connectivity index (χ1v) is 12.8. The maximum atomic E-state index is 2.47. The van der Waals surface area contributed by atoms with E-state index in [1.807, 2.05) is 0 Å². The van der Waals surface area contributed by atoms with E-state index in [0.29, 0.717) is 0 Å². The van der Waals surface area contributed by atoms with Gasteiger partial charge in [0.25, 0.3) is 0 Å². The Kier molecular flexibility index (Phi) is 5.83. The highest BCUT2D eigenvalue weighted by Crippen LogP contribution is 2.38. The lowest BCUT2D eigenvalue weighted by Crippen LogP contribution is -2.09. The molecule has 0 radical (unpaired) electrons. The molecule has 0 atom stereocenters. The molecule has 0 unspecified atom stereocenters. The number of benzene rings is 4. The molecule has 1 nitrogen and oxygen atoms in total. The van der Waals surface area contributed by atoms with Crippen molar-refractivity contribution >= 4 is 21.8 Å². The van der Waals surface area contributed by atoms with Crippen molar-refractivity contribution < 1.29 is 0 Å². The lowest BCUT2D eigenvalue weighted by Gasteiger charge is -2.18. The van der Waals surface area contributed by atoms with Gasteiger partial charge in [-0.1, -0.05) is 102 Å². The summed E-state index contributed by atoms with van der Waals surface area (Å²) in [4.78, 5) is 0. The predicted octanol–water partition coefficient (Wildman–Crippen LogP) is 9.63. The molecule has 178 valence electrons. The van der Waals surface area contributed by atoms with Crippen LogP contribution in [-0.2, 0) is 12.8 Å². The van der Waals surface area contributed by atoms with Gasteiger partial charge in [0.1, 0.15) is 0 Å². The molecule has 0 amide bonds. The third-order valence-corrected chi connectivity index (χ3v) is 6.59. The van der Waals surface area contributed by atoms with E-state index in [0.717, 1.165) is 12.8 Å². The van der Waals surface area contributed by atoms with E-state index >= 15 is 0 Å². The summed E-state index contributed by atoms with van der Waals surface area (Å²) in [6.07, 6.45) is 2.13. The number of aromatic nitrogens is 1. The summed E-state index contributed by atoms with van der Waals surface area (Å²) in [5, 5.41) is 2.70. The zero-order valence-electron chi connectivity index (χ0n) is 22.0. The molecule has 0 aliphatic carbocycles. The van der Waals surface area contributed by atoms with Gasteiger partial charge in [-0.2, -0.15) is 0 Å². The highest BCUT2D eigenvalue weighted by atomic mass is 15.0. The first kappa shape index (κ1) is 23.4. The van der Waals surface area contributed by atoms with Crippen molar-refractivity contribution in [1.29, 1.82) is 0 Å². The molecule has 0 bridgehead atoms. The van der Waals surface area contributed by atoms with Crippen LogP contribution in [0.4, 0.5) is 0 Å². The van der Waals surface area contributed by atoms with Crippen molar-refractivity contribution in [2.45, 2.75) is 54.4 Å². The normalized spacial score (nSPS) is 12.5. The largest absolute Gasteiger partial charge is 0.309 e. The van der Waals surface area contributed by atoms with Crippen LogP contribution in [0.1, 0.15) is 52.7 Å². The highest BCUT2D eigenvalue weighted by molar-refractivity contribution is 6.10. The third kappa shape index (κ3) is 4.91. The fraction of sp³-hybridized carbons (Fsp3) is 0.294. The van der Waals surface area contributed by atoms with Gasteiger partial charge in [0.15, 0.2) is 0 Å². The van der Waals surface area contributed by atoms with Crippen LogP contribution in [0.3, 0.4) is 0 Å². The molecule has 0 aliphatic heterocycles. The fourth-order valence-corrected chi connectivity index (χ4v) is 5.35. The molecular formula is C34H37N. The van der Waals surface area contributed by atoms with Crippen LogP contribution < -0.4 is 0 Å². The maximum Gasteiger partial charge on any atom is 0.0541 e. The van der Waals surface area contributed by atoms with Crippen molar-refractivity contribution in [3.05, 3.63) is 102 Å². The van der Waals surface area contributed by atoms with Gasteiger partial charge in [-0.25, -0.2) is 0 Å². The SMILES string of the molecule is CC(C)(C)Cc1ccc2c(c1)c1cc(CC(C)(C)C)ccc1n2-c1ccccc1-c1ccccc1. The zero-order valence-corrected chi connectivity index (χ0v) is 22.0. The van der Waals surface area contributed by atoms with Crippen LogP contribution in [0.2, 0.25) is 0 Å². The summed E-state index contributed by atoms with van der Waals surface area (Å²) in [5.41, 5.74) is 9.58. The van der Waals surface area contributed by atoms with E-state index in [-0.39, 0.29) is 10.8 Å². The lowest BCUT2D eigenvalue weighted by molar-refractivity contribution is 0.411. The molecular weight excluding hydrogens is 422 g/mol. The first-order chi connectivity index (χ1) is 16.6. The molecule has 5 rings (SSSR count). The summed E-state index contributed by atoms with van der Waals surface area (Å²) in [6.45, 7) is 13.9. The van der Waals surface area contributed by atoms with E-state index in [4.69, 9.17) is 0 Å². The number of rotatable bonds is 4. The van der Waals surface area contributed by atoms with Crippen molar-refractivity contribution in [3.63, 3.8) is 0 Å². The van der Waals surface area contributed by atoms with Crippen molar-refractivity contribution in [2.24, 2.45) is 10.8 Å². The van der Waals surface area contributed by atoms with Gasteiger partial charge in [-0.15, -0.1) is 0 Å². The molecule has 1 heterocycles. The molecule has 1 heteroatoms. The second-order valence-corrected chi connectivity index (χ2v) is 12.4. The molecule has 0 spiro atoms. The average molecular weight is 460 g/mol. The number of hydrogen-bond donors (Lipinski definition) is 0. The van der Waals surface area contributed by atoms with Crippen LogP contribution >= 0.6 is 0 Å². The Morgan fingerprint density at radius 1 is 0.543 bits per heavy atom. The standard InChI is InChI=1S/C34H37N/c1-33(2,3)22-24-16-18-31-28(20-24)29-21-25(23-34(4,5)6)17-19-32(29)35(31)30-15-11-10-14-27(30)26-12-8-7-9-13-26/h7-21H,22-23H2,1-6H3. The Labute approximate surface area is 210 Å². The van der Waals surface area contributed by atoms with Gasteiger partial charge in [0.2, 0.25) is 0 Å². The number of nitrogens with zero attached hydrogens (tertiary/aromatic N) is 1. The van der Waals surface area contributed by atoms with Gasteiger partial charge in [-0.05, 0) is 70.7 Å². The predicted molar refractivity (Wildman–Crippen MR) is 153 cm³/mol. The van der Waals surface area contributed by atoms with Crippen molar-refractivity contribution in [2.75, 3.05) is 0 Å². The van der Waals surface area contributed by atoms with Gasteiger partial charge < -0.3 is 4.57 Å². The molecule has 1 aromatic heterocycles. The topological polar surface area (TPSA) is 4.93 Å². The monoisotopic (exact) mass is 459 g/mol. The van der Waals surface area contributed by atoms with Gasteiger partial charge in [0, 0.05) is 16.3 Å². The molecule has 0 saturated carbocycles. The van der Waals surface area contributed by atoms with E-state index < -0.39 is 0 Å². The van der Waals surface area contributed by atoms with Crippen molar-refractivity contribution in [1.82, 2.24) is 4.57 Å².